The molecule has 76 valence electrons. The zero-order valence-electron chi connectivity index (χ0n) is 7.64. The predicted molar refractivity (Wildman–Crippen MR) is 62.1 cm³/mol. The minimum Gasteiger partial charge on any atom is -0.496 e. The van der Waals surface area contributed by atoms with Crippen LogP contribution in [-0.4, -0.2) is 7.11 Å². The van der Waals surface area contributed by atoms with E-state index in [1.807, 2.05) is 0 Å². The molecule has 14 heavy (non-hydrogen) atoms. The fourth-order valence-corrected chi connectivity index (χ4v) is 1.39. The van der Waals surface area contributed by atoms with Crippen molar-refractivity contribution in [1.29, 1.82) is 0 Å². The van der Waals surface area contributed by atoms with E-state index in [4.69, 9.17) is 9.15 Å². The lowest BCUT2D eigenvalue weighted by Crippen LogP contribution is -2.05. The molecule has 0 aliphatic carbocycles. The molecule has 0 N–H and O–H groups in total. The SMILES string of the molecule is COc1cc(C=C(Br)Br)oc(=O)c1C. The molecule has 0 aliphatic rings. The van der Waals surface area contributed by atoms with Gasteiger partial charge in [0.1, 0.15) is 11.5 Å². The molecule has 1 rings (SSSR count). The zero-order chi connectivity index (χ0) is 10.7. The topological polar surface area (TPSA) is 39.4 Å². The number of halogens is 2. The Kier molecular flexibility index (Phi) is 3.95. The van der Waals surface area contributed by atoms with E-state index in [0.717, 1.165) is 0 Å². The molecule has 0 aromatic carbocycles. The molecule has 0 bridgehead atoms. The number of rotatable bonds is 2. The first kappa shape index (κ1) is 11.5. The van der Waals surface area contributed by atoms with E-state index < -0.39 is 5.63 Å². The Morgan fingerprint density at radius 3 is 2.71 bits per heavy atom. The van der Waals surface area contributed by atoms with Crippen molar-refractivity contribution >= 4 is 37.9 Å². The summed E-state index contributed by atoms with van der Waals surface area (Å²) in [6.45, 7) is 1.65. The number of hydrogen-bond acceptors (Lipinski definition) is 3. The van der Waals surface area contributed by atoms with Crippen LogP contribution >= 0.6 is 31.9 Å². The summed E-state index contributed by atoms with van der Waals surface area (Å²) in [5, 5.41) is 0. The first-order valence-electron chi connectivity index (χ1n) is 3.76. The first-order chi connectivity index (χ1) is 6.54. The van der Waals surface area contributed by atoms with Gasteiger partial charge in [-0.2, -0.15) is 0 Å². The molecule has 3 nitrogen and oxygen atoms in total. The third kappa shape index (κ3) is 2.72. The second-order valence-corrected chi connectivity index (χ2v) is 5.34. The lowest BCUT2D eigenvalue weighted by atomic mass is 10.2. The normalized spacial score (nSPS) is 9.71. The Morgan fingerprint density at radius 1 is 1.57 bits per heavy atom. The lowest BCUT2D eigenvalue weighted by Gasteiger charge is -2.03. The highest BCUT2D eigenvalue weighted by molar-refractivity contribution is 9.28. The van der Waals surface area contributed by atoms with Crippen LogP contribution in [0.5, 0.6) is 5.75 Å². The van der Waals surface area contributed by atoms with E-state index in [2.05, 4.69) is 31.9 Å². The van der Waals surface area contributed by atoms with E-state index in [9.17, 15) is 4.79 Å². The quantitative estimate of drug-likeness (QED) is 0.839. The van der Waals surface area contributed by atoms with Crippen molar-refractivity contribution < 1.29 is 9.15 Å². The molecule has 0 atom stereocenters. The van der Waals surface area contributed by atoms with Gasteiger partial charge in [-0.3, -0.25) is 0 Å². The molecule has 0 saturated carbocycles. The molecule has 1 aromatic heterocycles. The van der Waals surface area contributed by atoms with Gasteiger partial charge in [-0.15, -0.1) is 0 Å². The van der Waals surface area contributed by atoms with Gasteiger partial charge in [0.05, 0.1) is 16.1 Å². The summed E-state index contributed by atoms with van der Waals surface area (Å²) < 4.78 is 10.7. The van der Waals surface area contributed by atoms with Crippen molar-refractivity contribution in [2.75, 3.05) is 7.11 Å². The highest BCUT2D eigenvalue weighted by Gasteiger charge is 2.06. The Bertz CT molecular complexity index is 417. The molecule has 1 heterocycles. The highest BCUT2D eigenvalue weighted by Crippen LogP contribution is 2.21. The number of ether oxygens (including phenoxy) is 1. The highest BCUT2D eigenvalue weighted by atomic mass is 79.9. The summed E-state index contributed by atoms with van der Waals surface area (Å²) in [7, 11) is 1.51. The van der Waals surface area contributed by atoms with E-state index in [0.29, 0.717) is 20.5 Å². The Balaban J connectivity index is 3.30. The average Bonchev–Trinajstić information content (AvgIpc) is 2.10. The van der Waals surface area contributed by atoms with Gasteiger partial charge in [0.2, 0.25) is 0 Å². The van der Waals surface area contributed by atoms with E-state index >= 15 is 0 Å². The largest absolute Gasteiger partial charge is 0.496 e. The summed E-state index contributed by atoms with van der Waals surface area (Å²) in [4.78, 5) is 11.3. The molecule has 0 fully saturated rings. The maximum absolute atomic E-state index is 11.3. The van der Waals surface area contributed by atoms with Gasteiger partial charge in [-0.1, -0.05) is 0 Å². The minimum absolute atomic E-state index is 0.392. The summed E-state index contributed by atoms with van der Waals surface area (Å²) in [6.07, 6.45) is 1.63. The fraction of sp³-hybridized carbons (Fsp3) is 0.222. The molecular weight excluding hydrogens is 316 g/mol. The van der Waals surface area contributed by atoms with Crippen LogP contribution < -0.4 is 10.4 Å². The Morgan fingerprint density at radius 2 is 2.21 bits per heavy atom. The van der Waals surface area contributed by atoms with Crippen molar-refractivity contribution in [3.8, 4) is 5.75 Å². The average molecular weight is 324 g/mol. The third-order valence-electron chi connectivity index (χ3n) is 1.63. The Labute approximate surface area is 98.0 Å². The minimum atomic E-state index is -0.392. The van der Waals surface area contributed by atoms with Crippen LogP contribution in [-0.2, 0) is 0 Å². The molecule has 0 spiro atoms. The third-order valence-corrected chi connectivity index (χ3v) is 2.09. The van der Waals surface area contributed by atoms with Gasteiger partial charge in [0.15, 0.2) is 0 Å². The molecule has 5 heteroatoms. The van der Waals surface area contributed by atoms with Crippen molar-refractivity contribution in [3.63, 3.8) is 0 Å². The van der Waals surface area contributed by atoms with Crippen LogP contribution in [0.1, 0.15) is 11.3 Å². The predicted octanol–water partition coefficient (Wildman–Crippen LogP) is 3.05. The second kappa shape index (κ2) is 4.79. The van der Waals surface area contributed by atoms with Crippen molar-refractivity contribution in [3.05, 3.63) is 31.2 Å². The monoisotopic (exact) mass is 322 g/mol. The maximum Gasteiger partial charge on any atom is 0.342 e. The fourth-order valence-electron chi connectivity index (χ4n) is 0.942. The van der Waals surface area contributed by atoms with E-state index in [-0.39, 0.29) is 0 Å². The van der Waals surface area contributed by atoms with Crippen molar-refractivity contribution in [2.24, 2.45) is 0 Å². The van der Waals surface area contributed by atoms with E-state index in [1.54, 1.807) is 19.1 Å². The summed E-state index contributed by atoms with van der Waals surface area (Å²) in [5.41, 5.74) is 0.0761. The van der Waals surface area contributed by atoms with Crippen LogP contribution in [0.3, 0.4) is 0 Å². The summed E-state index contributed by atoms with van der Waals surface area (Å²) >= 11 is 6.35. The van der Waals surface area contributed by atoms with Crippen molar-refractivity contribution in [1.82, 2.24) is 0 Å². The van der Waals surface area contributed by atoms with Crippen LogP contribution in [0.25, 0.3) is 6.08 Å². The van der Waals surface area contributed by atoms with Gasteiger partial charge in [0.25, 0.3) is 0 Å². The molecule has 0 amide bonds. The molecule has 1 aromatic rings. The van der Waals surface area contributed by atoms with Gasteiger partial charge in [-0.05, 0) is 38.8 Å². The molecular formula is C9H8Br2O3. The molecule has 0 radical (unpaired) electrons. The Hall–Kier alpha value is -0.550. The lowest BCUT2D eigenvalue weighted by molar-refractivity contribution is 0.395. The summed E-state index contributed by atoms with van der Waals surface area (Å²) in [6, 6.07) is 1.65. The van der Waals surface area contributed by atoms with E-state index in [1.165, 1.54) is 7.11 Å². The standard InChI is InChI=1S/C9H8Br2O3/c1-5-7(13-2)3-6(4-8(10)11)14-9(5)12/h3-4H,1-2H3. The van der Waals surface area contributed by atoms with Gasteiger partial charge >= 0.3 is 5.63 Å². The van der Waals surface area contributed by atoms with Crippen molar-refractivity contribution in [2.45, 2.75) is 6.92 Å². The number of hydrogen-bond donors (Lipinski definition) is 0. The van der Waals surface area contributed by atoms with Crippen LogP contribution in [0.2, 0.25) is 0 Å². The maximum atomic E-state index is 11.3. The van der Waals surface area contributed by atoms with Crippen LogP contribution in [0, 0.1) is 6.92 Å². The van der Waals surface area contributed by atoms with Gasteiger partial charge in [0, 0.05) is 12.1 Å². The van der Waals surface area contributed by atoms with Crippen LogP contribution in [0.15, 0.2) is 18.7 Å². The molecule has 0 saturated heterocycles. The second-order valence-electron chi connectivity index (χ2n) is 2.56. The van der Waals surface area contributed by atoms with Gasteiger partial charge < -0.3 is 9.15 Å². The van der Waals surface area contributed by atoms with Crippen LogP contribution in [0.4, 0.5) is 0 Å². The molecule has 0 unspecified atom stereocenters. The first-order valence-corrected chi connectivity index (χ1v) is 5.34. The zero-order valence-corrected chi connectivity index (χ0v) is 10.8. The smallest absolute Gasteiger partial charge is 0.342 e. The van der Waals surface area contributed by atoms with Gasteiger partial charge in [-0.25, -0.2) is 4.79 Å². The molecule has 0 aliphatic heterocycles. The number of methoxy groups -OCH3 is 1. The summed E-state index contributed by atoms with van der Waals surface area (Å²) in [5.74, 6) is 0.954.